The molecule has 56 heavy (non-hydrogen) atoms. The molecule has 0 aliphatic heterocycles. The predicted molar refractivity (Wildman–Crippen MR) is 237 cm³/mol. The summed E-state index contributed by atoms with van der Waals surface area (Å²) in [7, 11) is 0. The number of hydrogen-bond acceptors (Lipinski definition) is 2. The molecule has 0 spiro atoms. The molecule has 0 bridgehead atoms. The molecule has 9 aromatic carbocycles. The van der Waals surface area contributed by atoms with E-state index >= 15 is 0 Å². The minimum Gasteiger partial charge on any atom is -0.456 e. The monoisotopic (exact) mass is 717 g/mol. The summed E-state index contributed by atoms with van der Waals surface area (Å²) in [5, 5.41) is 7.26. The largest absolute Gasteiger partial charge is 0.456 e. The Labute approximate surface area is 326 Å². The molecule has 1 heterocycles. The van der Waals surface area contributed by atoms with Crippen LogP contribution in [-0.2, 0) is 5.41 Å². The molecule has 0 fully saturated rings. The Morgan fingerprint density at radius 1 is 0.357 bits per heavy atom. The Hall–Kier alpha value is -6.90. The molecule has 1 aliphatic carbocycles. The van der Waals surface area contributed by atoms with Gasteiger partial charge in [0.2, 0.25) is 0 Å². The number of rotatable bonds is 5. The van der Waals surface area contributed by atoms with Crippen molar-refractivity contribution in [1.82, 2.24) is 0 Å². The van der Waals surface area contributed by atoms with Crippen molar-refractivity contribution < 1.29 is 4.42 Å². The van der Waals surface area contributed by atoms with Gasteiger partial charge in [0, 0.05) is 33.9 Å². The number of furan rings is 1. The van der Waals surface area contributed by atoms with Crippen molar-refractivity contribution in [3.63, 3.8) is 0 Å². The van der Waals surface area contributed by atoms with Gasteiger partial charge < -0.3 is 9.32 Å². The first-order valence-corrected chi connectivity index (χ1v) is 19.5. The maximum Gasteiger partial charge on any atom is 0.137 e. The van der Waals surface area contributed by atoms with Crippen LogP contribution in [-0.4, -0.2) is 0 Å². The number of para-hydroxylation sites is 1. The van der Waals surface area contributed by atoms with Gasteiger partial charge in [0.05, 0.1) is 0 Å². The van der Waals surface area contributed by atoms with Crippen LogP contribution in [0.3, 0.4) is 0 Å². The van der Waals surface area contributed by atoms with Crippen molar-refractivity contribution in [2.24, 2.45) is 0 Å². The van der Waals surface area contributed by atoms with Crippen molar-refractivity contribution in [3.05, 3.63) is 188 Å². The van der Waals surface area contributed by atoms with Crippen LogP contribution in [0.15, 0.2) is 186 Å². The van der Waals surface area contributed by atoms with Crippen LogP contribution in [0.5, 0.6) is 0 Å². The summed E-state index contributed by atoms with van der Waals surface area (Å²) >= 11 is 0. The predicted octanol–water partition coefficient (Wildman–Crippen LogP) is 15.6. The summed E-state index contributed by atoms with van der Waals surface area (Å²) in [6.45, 7) is 6.79. The SMILES string of the molecule is CC(C)(C)c1ccc(-c2ccc3cc4c(cc3c2)-c2cc3ccc(N(c5ccc(-c6ccccc6)cc5)c5ccc6c(c5)oc5ccccc56)cc3cc2-4)cc1. The quantitative estimate of drug-likeness (QED) is 0.176. The molecule has 1 aliphatic rings. The standard InChI is InChI=1S/C54H39NO/c1-54(2,3)42-20-15-36(16-21-42)37-13-14-38-29-48-50(31-40(38)27-37)49-30-39-19-24-44(28-41(39)32-51(48)49)55(43-22-17-35(18-23-43)34-9-5-4-6-10-34)45-25-26-47-46-11-7-8-12-52(46)56-53(47)33-45/h4-33H,1-3H3. The number of anilines is 3. The lowest BCUT2D eigenvalue weighted by Crippen LogP contribution is -2.10. The van der Waals surface area contributed by atoms with Crippen molar-refractivity contribution >= 4 is 60.5 Å². The average molecular weight is 718 g/mol. The van der Waals surface area contributed by atoms with Crippen molar-refractivity contribution in [1.29, 1.82) is 0 Å². The van der Waals surface area contributed by atoms with E-state index in [1.165, 1.54) is 71.6 Å². The van der Waals surface area contributed by atoms with E-state index in [0.29, 0.717) is 0 Å². The van der Waals surface area contributed by atoms with E-state index in [4.69, 9.17) is 4.42 Å². The highest BCUT2D eigenvalue weighted by Crippen LogP contribution is 2.51. The molecule has 0 amide bonds. The number of benzene rings is 9. The lowest BCUT2D eigenvalue weighted by atomic mass is 9.77. The van der Waals surface area contributed by atoms with Crippen LogP contribution < -0.4 is 4.90 Å². The fourth-order valence-corrected chi connectivity index (χ4v) is 8.63. The maximum atomic E-state index is 6.38. The minimum absolute atomic E-state index is 0.142. The summed E-state index contributed by atoms with van der Waals surface area (Å²) in [5.41, 5.74) is 16.7. The highest BCUT2D eigenvalue weighted by molar-refractivity contribution is 6.13. The van der Waals surface area contributed by atoms with E-state index in [-0.39, 0.29) is 5.41 Å². The molecule has 2 nitrogen and oxygen atoms in total. The first-order chi connectivity index (χ1) is 27.3. The molecular formula is C54H39NO. The summed E-state index contributed by atoms with van der Waals surface area (Å²) in [6.07, 6.45) is 0. The Kier molecular flexibility index (Phi) is 7.15. The zero-order valence-electron chi connectivity index (χ0n) is 31.7. The van der Waals surface area contributed by atoms with E-state index < -0.39 is 0 Å². The first-order valence-electron chi connectivity index (χ1n) is 19.5. The smallest absolute Gasteiger partial charge is 0.137 e. The molecule has 0 N–H and O–H groups in total. The normalized spacial score (nSPS) is 12.2. The second kappa shape index (κ2) is 12.3. The lowest BCUT2D eigenvalue weighted by Gasteiger charge is -2.28. The number of fused-ring (bicyclic) bond motifs is 9. The summed E-state index contributed by atoms with van der Waals surface area (Å²) in [4.78, 5) is 2.34. The van der Waals surface area contributed by atoms with Gasteiger partial charge in [0.15, 0.2) is 0 Å². The molecule has 266 valence electrons. The van der Waals surface area contributed by atoms with Crippen LogP contribution in [0.4, 0.5) is 17.1 Å². The Morgan fingerprint density at radius 2 is 0.857 bits per heavy atom. The Morgan fingerprint density at radius 3 is 1.57 bits per heavy atom. The van der Waals surface area contributed by atoms with Gasteiger partial charge in [-0.1, -0.05) is 124 Å². The van der Waals surface area contributed by atoms with E-state index in [9.17, 15) is 0 Å². The van der Waals surface area contributed by atoms with Crippen molar-refractivity contribution in [2.45, 2.75) is 26.2 Å². The van der Waals surface area contributed by atoms with E-state index in [2.05, 4.69) is 196 Å². The topological polar surface area (TPSA) is 16.4 Å². The molecule has 0 saturated carbocycles. The van der Waals surface area contributed by atoms with Crippen LogP contribution in [0.1, 0.15) is 26.3 Å². The third kappa shape index (κ3) is 5.33. The zero-order chi connectivity index (χ0) is 37.5. The molecule has 2 heteroatoms. The second-order valence-corrected chi connectivity index (χ2v) is 16.2. The fraction of sp³-hybridized carbons (Fsp3) is 0.0741. The van der Waals surface area contributed by atoms with Crippen LogP contribution >= 0.6 is 0 Å². The van der Waals surface area contributed by atoms with Gasteiger partial charge in [-0.15, -0.1) is 0 Å². The molecule has 0 saturated heterocycles. The fourth-order valence-electron chi connectivity index (χ4n) is 8.63. The summed E-state index contributed by atoms with van der Waals surface area (Å²) < 4.78 is 6.38. The Balaban J connectivity index is 0.980. The third-order valence-corrected chi connectivity index (χ3v) is 11.7. The van der Waals surface area contributed by atoms with Gasteiger partial charge in [-0.25, -0.2) is 0 Å². The molecule has 0 unspecified atom stereocenters. The molecule has 10 aromatic rings. The highest BCUT2D eigenvalue weighted by Gasteiger charge is 2.25. The summed E-state index contributed by atoms with van der Waals surface area (Å²) in [5.74, 6) is 0. The minimum atomic E-state index is 0.142. The molecule has 1 aromatic heterocycles. The van der Waals surface area contributed by atoms with Gasteiger partial charge in [0.1, 0.15) is 11.2 Å². The Bertz CT molecular complexity index is 3140. The van der Waals surface area contributed by atoms with Gasteiger partial charge in [-0.3, -0.25) is 0 Å². The second-order valence-electron chi connectivity index (χ2n) is 16.2. The van der Waals surface area contributed by atoms with Crippen molar-refractivity contribution in [2.75, 3.05) is 4.90 Å². The number of nitrogens with zero attached hydrogens (tertiary/aromatic N) is 1. The van der Waals surface area contributed by atoms with Crippen LogP contribution in [0.25, 0.3) is 88.0 Å². The molecule has 0 atom stereocenters. The molecule has 11 rings (SSSR count). The van der Waals surface area contributed by atoms with E-state index in [1.54, 1.807) is 0 Å². The van der Waals surface area contributed by atoms with Crippen LogP contribution in [0, 0.1) is 0 Å². The first kappa shape index (κ1) is 32.5. The summed E-state index contributed by atoms with van der Waals surface area (Å²) in [6, 6.07) is 66.6. The zero-order valence-corrected chi connectivity index (χ0v) is 31.7. The third-order valence-electron chi connectivity index (χ3n) is 11.7. The van der Waals surface area contributed by atoms with E-state index in [0.717, 1.165) is 39.0 Å². The molecular weight excluding hydrogens is 679 g/mol. The average Bonchev–Trinajstić information content (AvgIpc) is 3.61. The number of hydrogen-bond donors (Lipinski definition) is 0. The van der Waals surface area contributed by atoms with E-state index in [1.807, 2.05) is 12.1 Å². The van der Waals surface area contributed by atoms with Crippen LogP contribution in [0.2, 0.25) is 0 Å². The van der Waals surface area contributed by atoms with Crippen molar-refractivity contribution in [3.8, 4) is 44.5 Å². The van der Waals surface area contributed by atoms with Gasteiger partial charge in [-0.2, -0.15) is 0 Å². The maximum absolute atomic E-state index is 6.38. The highest BCUT2D eigenvalue weighted by atomic mass is 16.3. The van der Waals surface area contributed by atoms with Gasteiger partial charge in [0.25, 0.3) is 0 Å². The van der Waals surface area contributed by atoms with Gasteiger partial charge in [-0.05, 0) is 150 Å². The lowest BCUT2D eigenvalue weighted by molar-refractivity contribution is 0.590. The molecule has 0 radical (unpaired) electrons. The van der Waals surface area contributed by atoms with Gasteiger partial charge >= 0.3 is 0 Å².